The van der Waals surface area contributed by atoms with Crippen LogP contribution in [0.4, 0.5) is 0 Å². The van der Waals surface area contributed by atoms with E-state index in [9.17, 15) is 19.5 Å². The van der Waals surface area contributed by atoms with Crippen LogP contribution in [0.2, 0.25) is 0 Å². The van der Waals surface area contributed by atoms with Crippen molar-refractivity contribution in [2.75, 3.05) is 14.2 Å². The lowest BCUT2D eigenvalue weighted by molar-refractivity contribution is -0.143. The molecule has 1 heterocycles. The topological polar surface area (TPSA) is 120 Å². The van der Waals surface area contributed by atoms with Gasteiger partial charge in [-0.25, -0.2) is 9.78 Å². The molecule has 9 nitrogen and oxygen atoms in total. The molecule has 2 aromatic rings. The smallest absolute Gasteiger partial charge is 0.326 e. The predicted octanol–water partition coefficient (Wildman–Crippen LogP) is 1.03. The fourth-order valence-corrected chi connectivity index (χ4v) is 2.65. The standard InChI is InChI=1S/C18H23N3O6/c1-5-10(2)16(18(24)25)20-15(22)8-21-9-19-12-7-14(27-4)13(26-3)6-11(12)17(21)23/h6-7,9-10,16H,5,8H2,1-4H3,(H,20,22)(H,24,25)/t10-,16+/m1/s1. The highest BCUT2D eigenvalue weighted by Crippen LogP contribution is 2.29. The van der Waals surface area contributed by atoms with Gasteiger partial charge in [-0.05, 0) is 12.0 Å². The number of nitrogens with zero attached hydrogens (tertiary/aromatic N) is 2. The molecular formula is C18H23N3O6. The zero-order chi connectivity index (χ0) is 20.1. The van der Waals surface area contributed by atoms with Crippen LogP contribution in [-0.4, -0.2) is 46.8 Å². The van der Waals surface area contributed by atoms with Crippen molar-refractivity contribution in [3.63, 3.8) is 0 Å². The highest BCUT2D eigenvalue weighted by Gasteiger charge is 2.25. The molecule has 0 radical (unpaired) electrons. The minimum absolute atomic E-state index is 0.241. The van der Waals surface area contributed by atoms with Gasteiger partial charge in [0, 0.05) is 6.07 Å². The van der Waals surface area contributed by atoms with Crippen LogP contribution in [0.3, 0.4) is 0 Å². The quantitative estimate of drug-likeness (QED) is 0.705. The highest BCUT2D eigenvalue weighted by molar-refractivity contribution is 5.84. The van der Waals surface area contributed by atoms with Crippen molar-refractivity contribution in [1.82, 2.24) is 14.9 Å². The number of amides is 1. The number of fused-ring (bicyclic) bond motifs is 1. The number of hydrogen-bond donors (Lipinski definition) is 2. The number of aromatic nitrogens is 2. The third-order valence-electron chi connectivity index (χ3n) is 4.44. The van der Waals surface area contributed by atoms with E-state index in [0.717, 1.165) is 4.57 Å². The predicted molar refractivity (Wildman–Crippen MR) is 98.1 cm³/mol. The molecular weight excluding hydrogens is 354 g/mol. The molecule has 2 atom stereocenters. The third kappa shape index (κ3) is 4.36. The Balaban J connectivity index is 2.31. The van der Waals surface area contributed by atoms with Crippen LogP contribution in [-0.2, 0) is 16.1 Å². The molecule has 27 heavy (non-hydrogen) atoms. The maximum absolute atomic E-state index is 12.7. The number of aliphatic carboxylic acids is 1. The number of benzene rings is 1. The molecule has 0 aliphatic rings. The lowest BCUT2D eigenvalue weighted by Gasteiger charge is -2.20. The third-order valence-corrected chi connectivity index (χ3v) is 4.44. The average molecular weight is 377 g/mol. The molecule has 0 aliphatic heterocycles. The van der Waals surface area contributed by atoms with Crippen LogP contribution in [0.15, 0.2) is 23.3 Å². The van der Waals surface area contributed by atoms with Crippen LogP contribution >= 0.6 is 0 Å². The molecule has 146 valence electrons. The van der Waals surface area contributed by atoms with Gasteiger partial charge in [0.2, 0.25) is 5.91 Å². The summed E-state index contributed by atoms with van der Waals surface area (Å²) in [5, 5.41) is 12.0. The molecule has 1 amide bonds. The molecule has 9 heteroatoms. The number of carboxylic acid groups (broad SMARTS) is 1. The van der Waals surface area contributed by atoms with E-state index in [2.05, 4.69) is 10.3 Å². The lowest BCUT2D eigenvalue weighted by Crippen LogP contribution is -2.46. The summed E-state index contributed by atoms with van der Waals surface area (Å²) in [6, 6.07) is 2.05. The first kappa shape index (κ1) is 20.2. The molecule has 0 spiro atoms. The number of nitrogens with one attached hydrogen (secondary N) is 1. The van der Waals surface area contributed by atoms with Gasteiger partial charge in [-0.15, -0.1) is 0 Å². The Morgan fingerprint density at radius 3 is 2.44 bits per heavy atom. The molecule has 1 aromatic heterocycles. The highest BCUT2D eigenvalue weighted by atomic mass is 16.5. The molecule has 2 N–H and O–H groups in total. The Kier molecular flexibility index (Phi) is 6.38. The Hall–Kier alpha value is -3.10. The van der Waals surface area contributed by atoms with Crippen molar-refractivity contribution in [2.45, 2.75) is 32.9 Å². The van der Waals surface area contributed by atoms with Crippen LogP contribution < -0.4 is 20.3 Å². The van der Waals surface area contributed by atoms with Crippen LogP contribution in [0.1, 0.15) is 20.3 Å². The average Bonchev–Trinajstić information content (AvgIpc) is 2.66. The number of hydrogen-bond acceptors (Lipinski definition) is 6. The summed E-state index contributed by atoms with van der Waals surface area (Å²) >= 11 is 0. The first-order chi connectivity index (χ1) is 12.8. The second kappa shape index (κ2) is 8.52. The van der Waals surface area contributed by atoms with Gasteiger partial charge in [0.05, 0.1) is 31.4 Å². The second-order valence-corrected chi connectivity index (χ2v) is 6.17. The maximum atomic E-state index is 12.7. The monoisotopic (exact) mass is 377 g/mol. The van der Waals surface area contributed by atoms with E-state index in [1.165, 1.54) is 26.6 Å². The largest absolute Gasteiger partial charge is 0.493 e. The zero-order valence-corrected chi connectivity index (χ0v) is 15.7. The number of carbonyl (C=O) groups excluding carboxylic acids is 1. The number of carboxylic acids is 1. The summed E-state index contributed by atoms with van der Waals surface area (Å²) in [6.45, 7) is 3.24. The number of methoxy groups -OCH3 is 2. The maximum Gasteiger partial charge on any atom is 0.326 e. The SMILES string of the molecule is CC[C@@H](C)[C@H](NC(=O)Cn1cnc2cc(OC)c(OC)cc2c1=O)C(=O)O. The minimum atomic E-state index is -1.11. The van der Waals surface area contributed by atoms with Crippen molar-refractivity contribution >= 4 is 22.8 Å². The molecule has 1 aromatic carbocycles. The Bertz CT molecular complexity index is 908. The van der Waals surface area contributed by atoms with E-state index in [1.54, 1.807) is 13.0 Å². The lowest BCUT2D eigenvalue weighted by atomic mass is 9.99. The molecule has 0 bridgehead atoms. The summed E-state index contributed by atoms with van der Waals surface area (Å²) in [7, 11) is 2.93. The van der Waals surface area contributed by atoms with Crippen molar-refractivity contribution in [3.8, 4) is 11.5 Å². The first-order valence-electron chi connectivity index (χ1n) is 8.45. The molecule has 0 saturated carbocycles. The van der Waals surface area contributed by atoms with Gasteiger partial charge in [-0.2, -0.15) is 0 Å². The van der Waals surface area contributed by atoms with E-state index in [0.29, 0.717) is 23.4 Å². The number of carbonyl (C=O) groups is 2. The van der Waals surface area contributed by atoms with E-state index in [1.807, 2.05) is 6.92 Å². The normalized spacial score (nSPS) is 13.0. The molecule has 0 saturated heterocycles. The fourth-order valence-electron chi connectivity index (χ4n) is 2.65. The van der Waals surface area contributed by atoms with E-state index >= 15 is 0 Å². The number of ether oxygens (including phenoxy) is 2. The van der Waals surface area contributed by atoms with Gasteiger partial charge in [-0.1, -0.05) is 20.3 Å². The Labute approximate surface area is 155 Å². The summed E-state index contributed by atoms with van der Waals surface area (Å²) in [4.78, 5) is 40.4. The molecule has 2 rings (SSSR count). The molecule has 0 unspecified atom stereocenters. The number of rotatable bonds is 8. The van der Waals surface area contributed by atoms with Gasteiger partial charge in [0.15, 0.2) is 11.5 Å². The van der Waals surface area contributed by atoms with Crippen molar-refractivity contribution < 1.29 is 24.2 Å². The molecule has 0 aliphatic carbocycles. The van der Waals surface area contributed by atoms with E-state index in [-0.39, 0.29) is 17.8 Å². The van der Waals surface area contributed by atoms with Gasteiger partial charge >= 0.3 is 5.97 Å². The Morgan fingerprint density at radius 1 is 1.26 bits per heavy atom. The van der Waals surface area contributed by atoms with Crippen LogP contribution in [0.5, 0.6) is 11.5 Å². The van der Waals surface area contributed by atoms with Gasteiger partial charge < -0.3 is 19.9 Å². The molecule has 0 fully saturated rings. The Morgan fingerprint density at radius 2 is 1.89 bits per heavy atom. The summed E-state index contributed by atoms with van der Waals surface area (Å²) in [5.74, 6) is -1.13. The minimum Gasteiger partial charge on any atom is -0.493 e. The van der Waals surface area contributed by atoms with Crippen LogP contribution in [0.25, 0.3) is 10.9 Å². The van der Waals surface area contributed by atoms with Crippen molar-refractivity contribution in [1.29, 1.82) is 0 Å². The van der Waals surface area contributed by atoms with Gasteiger partial charge in [0.25, 0.3) is 5.56 Å². The summed E-state index contributed by atoms with van der Waals surface area (Å²) in [6.07, 6.45) is 1.84. The zero-order valence-electron chi connectivity index (χ0n) is 15.7. The van der Waals surface area contributed by atoms with Gasteiger partial charge in [0.1, 0.15) is 12.6 Å². The van der Waals surface area contributed by atoms with Crippen molar-refractivity contribution in [3.05, 3.63) is 28.8 Å². The second-order valence-electron chi connectivity index (χ2n) is 6.17. The summed E-state index contributed by atoms with van der Waals surface area (Å²) < 4.78 is 11.5. The fraction of sp³-hybridized carbons (Fsp3) is 0.444. The van der Waals surface area contributed by atoms with Crippen LogP contribution in [0, 0.1) is 5.92 Å². The summed E-state index contributed by atoms with van der Waals surface area (Å²) in [5.41, 5.74) is -0.0381. The first-order valence-corrected chi connectivity index (χ1v) is 8.45. The van der Waals surface area contributed by atoms with E-state index < -0.39 is 23.5 Å². The van der Waals surface area contributed by atoms with Crippen molar-refractivity contribution in [2.24, 2.45) is 5.92 Å². The van der Waals surface area contributed by atoms with Gasteiger partial charge in [-0.3, -0.25) is 14.2 Å². The van der Waals surface area contributed by atoms with E-state index in [4.69, 9.17) is 9.47 Å².